The lowest BCUT2D eigenvalue weighted by Crippen LogP contribution is -2.25. The summed E-state index contributed by atoms with van der Waals surface area (Å²) in [7, 11) is 0. The fourth-order valence-electron chi connectivity index (χ4n) is 1.97. The van der Waals surface area contributed by atoms with Crippen molar-refractivity contribution in [3.63, 3.8) is 0 Å². The molecule has 1 N–H and O–H groups in total. The highest BCUT2D eigenvalue weighted by molar-refractivity contribution is 6.32. The number of esters is 1. The second-order valence-electron chi connectivity index (χ2n) is 4.80. The van der Waals surface area contributed by atoms with Crippen molar-refractivity contribution >= 4 is 29.2 Å². The van der Waals surface area contributed by atoms with Crippen LogP contribution in [0.25, 0.3) is 0 Å². The Hall–Kier alpha value is -2.94. The normalized spacial score (nSPS) is 14.0. The zero-order valence-corrected chi connectivity index (χ0v) is 13.0. The summed E-state index contributed by atoms with van der Waals surface area (Å²) >= 11 is 5.74. The largest absolute Gasteiger partial charge is 0.586 e. The number of nitrogens with one attached hydrogen (secondary N) is 1. The van der Waals surface area contributed by atoms with E-state index in [1.165, 1.54) is 30.5 Å². The van der Waals surface area contributed by atoms with Gasteiger partial charge in [-0.1, -0.05) is 11.6 Å². The van der Waals surface area contributed by atoms with Crippen LogP contribution in [0.2, 0.25) is 5.15 Å². The second kappa shape index (κ2) is 6.52. The zero-order valence-electron chi connectivity index (χ0n) is 12.3. The molecule has 0 radical (unpaired) electrons. The smallest absolute Gasteiger partial charge is 0.452 e. The molecule has 1 aliphatic rings. The first-order valence-corrected chi connectivity index (χ1v) is 7.19. The predicted octanol–water partition coefficient (Wildman–Crippen LogP) is 2.85. The Kier molecular flexibility index (Phi) is 4.41. The molecule has 7 nitrogen and oxygen atoms in total. The molecule has 0 saturated heterocycles. The average Bonchev–Trinajstić information content (AvgIpc) is 2.86. The van der Waals surface area contributed by atoms with Crippen molar-refractivity contribution in [2.24, 2.45) is 0 Å². The van der Waals surface area contributed by atoms with E-state index in [0.29, 0.717) is 0 Å². The van der Waals surface area contributed by atoms with Gasteiger partial charge in [0.2, 0.25) is 0 Å². The number of aromatic nitrogens is 1. The third-order valence-electron chi connectivity index (χ3n) is 3.00. The van der Waals surface area contributed by atoms with Crippen LogP contribution < -0.4 is 14.8 Å². The molecule has 0 unspecified atom stereocenters. The third kappa shape index (κ3) is 3.94. The van der Waals surface area contributed by atoms with Crippen LogP contribution in [-0.2, 0) is 9.53 Å². The van der Waals surface area contributed by atoms with Crippen LogP contribution >= 0.6 is 11.6 Å². The van der Waals surface area contributed by atoms with Crippen molar-refractivity contribution in [1.82, 2.24) is 4.98 Å². The Balaban J connectivity index is 1.57. The van der Waals surface area contributed by atoms with Crippen LogP contribution in [0.5, 0.6) is 11.5 Å². The lowest BCUT2D eigenvalue weighted by atomic mass is 10.3. The van der Waals surface area contributed by atoms with E-state index < -0.39 is 24.8 Å². The quantitative estimate of drug-likeness (QED) is 0.658. The van der Waals surface area contributed by atoms with Crippen molar-refractivity contribution in [3.8, 4) is 11.5 Å². The number of hydrogen-bond acceptors (Lipinski definition) is 6. The first-order chi connectivity index (χ1) is 11.8. The SMILES string of the molecule is O=C(COC(=O)c1cccnc1Cl)Nc1ccc2c(c1)OC(F)(F)O2. The number of hydrogen-bond donors (Lipinski definition) is 1. The molecule has 2 aromatic rings. The van der Waals surface area contributed by atoms with Gasteiger partial charge in [0, 0.05) is 18.0 Å². The predicted molar refractivity (Wildman–Crippen MR) is 80.8 cm³/mol. The number of pyridine rings is 1. The molecule has 25 heavy (non-hydrogen) atoms. The van der Waals surface area contributed by atoms with Gasteiger partial charge in [-0.2, -0.15) is 0 Å². The lowest BCUT2D eigenvalue weighted by molar-refractivity contribution is -0.286. The molecular formula is C15H9ClF2N2O5. The van der Waals surface area contributed by atoms with E-state index >= 15 is 0 Å². The molecule has 2 heterocycles. The Morgan fingerprint density at radius 1 is 1.24 bits per heavy atom. The van der Waals surface area contributed by atoms with E-state index in [1.807, 2.05) is 0 Å². The molecule has 1 aromatic heterocycles. The third-order valence-corrected chi connectivity index (χ3v) is 3.30. The summed E-state index contributed by atoms with van der Waals surface area (Å²) in [6.45, 7) is -0.603. The Labute approximate surface area is 144 Å². The summed E-state index contributed by atoms with van der Waals surface area (Å²) in [4.78, 5) is 27.3. The molecule has 0 fully saturated rings. The minimum absolute atomic E-state index is 0.0160. The highest BCUT2D eigenvalue weighted by atomic mass is 35.5. The summed E-state index contributed by atoms with van der Waals surface area (Å²) < 4.78 is 39.2. The molecule has 1 amide bonds. The number of nitrogens with zero attached hydrogens (tertiary/aromatic N) is 1. The van der Waals surface area contributed by atoms with Gasteiger partial charge in [-0.3, -0.25) is 4.79 Å². The minimum Gasteiger partial charge on any atom is -0.452 e. The molecule has 0 atom stereocenters. The van der Waals surface area contributed by atoms with Crippen molar-refractivity contribution < 1.29 is 32.6 Å². The maximum Gasteiger partial charge on any atom is 0.586 e. The molecule has 0 spiro atoms. The van der Waals surface area contributed by atoms with Gasteiger partial charge in [0.15, 0.2) is 18.1 Å². The Bertz CT molecular complexity index is 846. The van der Waals surface area contributed by atoms with Crippen molar-refractivity contribution in [1.29, 1.82) is 0 Å². The Morgan fingerprint density at radius 2 is 2.00 bits per heavy atom. The molecule has 0 aliphatic carbocycles. The van der Waals surface area contributed by atoms with Crippen molar-refractivity contribution in [3.05, 3.63) is 47.2 Å². The highest BCUT2D eigenvalue weighted by Crippen LogP contribution is 2.42. The van der Waals surface area contributed by atoms with Gasteiger partial charge in [-0.05, 0) is 24.3 Å². The molecule has 1 aliphatic heterocycles. The number of carbonyl (C=O) groups is 2. The summed E-state index contributed by atoms with van der Waals surface area (Å²) in [6.07, 6.45) is -2.35. The fourth-order valence-corrected chi connectivity index (χ4v) is 2.17. The lowest BCUT2D eigenvalue weighted by Gasteiger charge is -2.07. The number of ether oxygens (including phenoxy) is 3. The molecule has 0 bridgehead atoms. The number of rotatable bonds is 4. The molecule has 130 valence electrons. The van der Waals surface area contributed by atoms with Crippen LogP contribution in [0.1, 0.15) is 10.4 Å². The highest BCUT2D eigenvalue weighted by Gasteiger charge is 2.43. The van der Waals surface area contributed by atoms with Crippen molar-refractivity contribution in [2.45, 2.75) is 6.29 Å². The van der Waals surface area contributed by atoms with Crippen LogP contribution in [0, 0.1) is 0 Å². The standard InChI is InChI=1S/C15H9ClF2N2O5/c16-13-9(2-1-5-19-13)14(22)23-7-12(21)20-8-3-4-10-11(6-8)25-15(17,18)24-10/h1-6H,7H2,(H,20,21). The van der Waals surface area contributed by atoms with Crippen LogP contribution in [0.3, 0.4) is 0 Å². The van der Waals surface area contributed by atoms with E-state index in [-0.39, 0.29) is 27.9 Å². The molecule has 3 rings (SSSR count). The van der Waals surface area contributed by atoms with Gasteiger partial charge in [0.05, 0.1) is 5.56 Å². The van der Waals surface area contributed by atoms with Gasteiger partial charge in [0.25, 0.3) is 5.91 Å². The van der Waals surface area contributed by atoms with E-state index in [4.69, 9.17) is 16.3 Å². The van der Waals surface area contributed by atoms with Crippen LogP contribution in [0.4, 0.5) is 14.5 Å². The number of halogens is 3. The van der Waals surface area contributed by atoms with E-state index in [9.17, 15) is 18.4 Å². The molecule has 1 aromatic carbocycles. The average molecular weight is 371 g/mol. The summed E-state index contributed by atoms with van der Waals surface area (Å²) in [5.41, 5.74) is 0.183. The van der Waals surface area contributed by atoms with E-state index in [1.54, 1.807) is 0 Å². The Morgan fingerprint density at radius 3 is 2.76 bits per heavy atom. The van der Waals surface area contributed by atoms with Gasteiger partial charge >= 0.3 is 12.3 Å². The van der Waals surface area contributed by atoms with E-state index in [0.717, 1.165) is 6.07 Å². The molecular weight excluding hydrogens is 362 g/mol. The van der Waals surface area contributed by atoms with E-state index in [2.05, 4.69) is 19.8 Å². The fraction of sp³-hybridized carbons (Fsp3) is 0.133. The summed E-state index contributed by atoms with van der Waals surface area (Å²) in [6, 6.07) is 6.60. The number of fused-ring (bicyclic) bond motifs is 1. The number of alkyl halides is 2. The summed E-state index contributed by atoms with van der Waals surface area (Å²) in [5.74, 6) is -1.87. The second-order valence-corrected chi connectivity index (χ2v) is 5.15. The molecule has 0 saturated carbocycles. The van der Waals surface area contributed by atoms with Crippen LogP contribution in [-0.4, -0.2) is 29.8 Å². The summed E-state index contributed by atoms with van der Waals surface area (Å²) in [5, 5.41) is 2.32. The van der Waals surface area contributed by atoms with Gasteiger partial charge in [0.1, 0.15) is 5.15 Å². The van der Waals surface area contributed by atoms with Gasteiger partial charge < -0.3 is 19.5 Å². The first kappa shape index (κ1) is 16.9. The minimum atomic E-state index is -3.75. The van der Waals surface area contributed by atoms with Crippen LogP contribution in [0.15, 0.2) is 36.5 Å². The number of benzene rings is 1. The number of carbonyl (C=O) groups excluding carboxylic acids is 2. The van der Waals surface area contributed by atoms with Gasteiger partial charge in [-0.15, -0.1) is 8.78 Å². The zero-order chi connectivity index (χ0) is 18.0. The van der Waals surface area contributed by atoms with Gasteiger partial charge in [-0.25, -0.2) is 9.78 Å². The van der Waals surface area contributed by atoms with Crippen molar-refractivity contribution in [2.75, 3.05) is 11.9 Å². The molecule has 10 heteroatoms. The first-order valence-electron chi connectivity index (χ1n) is 6.81. The monoisotopic (exact) mass is 370 g/mol. The maximum atomic E-state index is 12.9. The maximum absolute atomic E-state index is 12.9. The number of amides is 1. The topological polar surface area (TPSA) is 86.8 Å². The number of anilines is 1.